The molecule has 1 N–H and O–H groups in total. The summed E-state index contributed by atoms with van der Waals surface area (Å²) in [6.45, 7) is 3.46. The summed E-state index contributed by atoms with van der Waals surface area (Å²) in [6.07, 6.45) is 0. The van der Waals surface area contributed by atoms with Crippen LogP contribution in [0.5, 0.6) is 5.75 Å². The Kier molecular flexibility index (Phi) is 4.33. The molecule has 18 heavy (non-hydrogen) atoms. The lowest BCUT2D eigenvalue weighted by Crippen LogP contribution is -2.11. The maximum atomic E-state index is 5.58. The van der Waals surface area contributed by atoms with Gasteiger partial charge >= 0.3 is 0 Å². The summed E-state index contributed by atoms with van der Waals surface area (Å²) in [6, 6.07) is 5.61. The Balaban J connectivity index is 2.27. The minimum atomic E-state index is 0.480. The van der Waals surface area contributed by atoms with Crippen LogP contribution in [0, 0.1) is 0 Å². The third-order valence-corrected chi connectivity index (χ3v) is 3.09. The highest BCUT2D eigenvalue weighted by Crippen LogP contribution is 2.30. The van der Waals surface area contributed by atoms with Gasteiger partial charge in [0.2, 0.25) is 11.8 Å². The van der Waals surface area contributed by atoms with Crippen LogP contribution in [0.4, 0.5) is 0 Å². The van der Waals surface area contributed by atoms with Crippen LogP contribution in [0.1, 0.15) is 12.8 Å². The fourth-order valence-corrected chi connectivity index (χ4v) is 1.88. The predicted octanol–water partition coefficient (Wildman–Crippen LogP) is 2.62. The van der Waals surface area contributed by atoms with Gasteiger partial charge < -0.3 is 14.5 Å². The van der Waals surface area contributed by atoms with Crippen molar-refractivity contribution in [1.82, 2.24) is 15.5 Å². The number of rotatable bonds is 5. The first-order valence-electron chi connectivity index (χ1n) is 5.61. The van der Waals surface area contributed by atoms with Crippen LogP contribution in [0.15, 0.2) is 27.1 Å². The van der Waals surface area contributed by atoms with E-state index in [0.717, 1.165) is 22.3 Å². The van der Waals surface area contributed by atoms with Gasteiger partial charge in [0.25, 0.3) is 0 Å². The normalized spacial score (nSPS) is 10.6. The van der Waals surface area contributed by atoms with E-state index in [2.05, 4.69) is 31.4 Å². The molecule has 96 valence electrons. The van der Waals surface area contributed by atoms with Gasteiger partial charge in [0.15, 0.2) is 0 Å². The van der Waals surface area contributed by atoms with Gasteiger partial charge in [-0.2, -0.15) is 0 Å². The molecule has 5 nitrogen and oxygen atoms in total. The maximum Gasteiger partial charge on any atom is 0.249 e. The molecule has 0 radical (unpaired) electrons. The molecule has 0 bridgehead atoms. The number of nitrogens with zero attached hydrogens (tertiary/aromatic N) is 2. The Morgan fingerprint density at radius 1 is 1.39 bits per heavy atom. The van der Waals surface area contributed by atoms with Crippen LogP contribution in [0.25, 0.3) is 11.5 Å². The molecule has 0 unspecified atom stereocenters. The van der Waals surface area contributed by atoms with Crippen LogP contribution < -0.4 is 10.1 Å². The Morgan fingerprint density at radius 2 is 2.22 bits per heavy atom. The van der Waals surface area contributed by atoms with Gasteiger partial charge in [-0.05, 0) is 40.7 Å². The monoisotopic (exact) mass is 311 g/mol. The predicted molar refractivity (Wildman–Crippen MR) is 71.4 cm³/mol. The molecule has 2 rings (SSSR count). The molecule has 0 aliphatic heterocycles. The van der Waals surface area contributed by atoms with Gasteiger partial charge in [0.1, 0.15) is 5.75 Å². The number of aromatic nitrogens is 2. The highest BCUT2D eigenvalue weighted by Gasteiger charge is 2.12. The van der Waals surface area contributed by atoms with E-state index < -0.39 is 0 Å². The van der Waals surface area contributed by atoms with Gasteiger partial charge in [-0.1, -0.05) is 6.92 Å². The minimum absolute atomic E-state index is 0.480. The van der Waals surface area contributed by atoms with Crippen molar-refractivity contribution in [1.29, 1.82) is 0 Å². The summed E-state index contributed by atoms with van der Waals surface area (Å²) in [5, 5.41) is 11.2. The van der Waals surface area contributed by atoms with E-state index in [9.17, 15) is 0 Å². The molecule has 0 fully saturated rings. The lowest BCUT2D eigenvalue weighted by molar-refractivity contribution is 0.414. The first-order valence-corrected chi connectivity index (χ1v) is 6.41. The first-order chi connectivity index (χ1) is 8.74. The van der Waals surface area contributed by atoms with E-state index in [4.69, 9.17) is 9.15 Å². The smallest absolute Gasteiger partial charge is 0.249 e. The Morgan fingerprint density at radius 3 is 2.94 bits per heavy atom. The fraction of sp³-hybridized carbons (Fsp3) is 0.333. The van der Waals surface area contributed by atoms with Crippen LogP contribution >= 0.6 is 15.9 Å². The third-order valence-electron chi connectivity index (χ3n) is 2.40. The molecule has 1 heterocycles. The molecule has 2 aromatic rings. The average Bonchev–Trinajstić information content (AvgIpc) is 2.85. The molecule has 0 amide bonds. The summed E-state index contributed by atoms with van der Waals surface area (Å²) in [5.41, 5.74) is 0.824. The van der Waals surface area contributed by atoms with Crippen molar-refractivity contribution in [3.05, 3.63) is 28.6 Å². The van der Waals surface area contributed by atoms with Gasteiger partial charge in [-0.25, -0.2) is 0 Å². The number of halogens is 1. The quantitative estimate of drug-likeness (QED) is 0.919. The summed E-state index contributed by atoms with van der Waals surface area (Å²) in [7, 11) is 1.62. The van der Waals surface area contributed by atoms with Crippen LogP contribution in [0.2, 0.25) is 0 Å². The van der Waals surface area contributed by atoms with Crippen LogP contribution in [-0.2, 0) is 6.54 Å². The van der Waals surface area contributed by atoms with Gasteiger partial charge in [-0.3, -0.25) is 0 Å². The summed E-state index contributed by atoms with van der Waals surface area (Å²) in [4.78, 5) is 0. The van der Waals surface area contributed by atoms with Crippen molar-refractivity contribution in [3.63, 3.8) is 0 Å². The highest BCUT2D eigenvalue weighted by molar-refractivity contribution is 9.10. The molecule has 0 aliphatic carbocycles. The van der Waals surface area contributed by atoms with Crippen molar-refractivity contribution < 1.29 is 9.15 Å². The number of hydrogen-bond acceptors (Lipinski definition) is 5. The van der Waals surface area contributed by atoms with Gasteiger partial charge in [0, 0.05) is 4.47 Å². The second kappa shape index (κ2) is 5.97. The first kappa shape index (κ1) is 13.0. The van der Waals surface area contributed by atoms with Crippen molar-refractivity contribution in [2.75, 3.05) is 13.7 Å². The second-order valence-corrected chi connectivity index (χ2v) is 4.48. The highest BCUT2D eigenvalue weighted by atomic mass is 79.9. The molecule has 0 saturated carbocycles. The van der Waals surface area contributed by atoms with E-state index in [0.29, 0.717) is 18.3 Å². The Bertz CT molecular complexity index is 528. The third kappa shape index (κ3) is 2.88. The zero-order chi connectivity index (χ0) is 13.0. The molecule has 1 aromatic heterocycles. The molecular weight excluding hydrogens is 298 g/mol. The number of ether oxygens (including phenoxy) is 1. The molecule has 0 saturated heterocycles. The van der Waals surface area contributed by atoms with E-state index in [1.54, 1.807) is 7.11 Å². The van der Waals surface area contributed by atoms with Crippen molar-refractivity contribution >= 4 is 15.9 Å². The Hall–Kier alpha value is -1.40. The van der Waals surface area contributed by atoms with Crippen molar-refractivity contribution in [3.8, 4) is 17.2 Å². The van der Waals surface area contributed by atoms with Crippen LogP contribution in [0.3, 0.4) is 0 Å². The van der Waals surface area contributed by atoms with Crippen molar-refractivity contribution in [2.24, 2.45) is 0 Å². The number of nitrogens with one attached hydrogen (secondary N) is 1. The van der Waals surface area contributed by atoms with Crippen molar-refractivity contribution in [2.45, 2.75) is 13.5 Å². The fourth-order valence-electron chi connectivity index (χ4n) is 1.46. The lowest BCUT2D eigenvalue weighted by Gasteiger charge is -2.03. The lowest BCUT2D eigenvalue weighted by atomic mass is 10.2. The summed E-state index contributed by atoms with van der Waals surface area (Å²) >= 11 is 3.46. The maximum absolute atomic E-state index is 5.58. The van der Waals surface area contributed by atoms with E-state index in [1.807, 2.05) is 25.1 Å². The SMILES string of the molecule is CCNCc1nnc(-c2cc(OC)ccc2Br)o1. The standard InChI is InChI=1S/C12H14BrN3O2/c1-3-14-7-11-15-16-12(18-11)9-6-8(17-2)4-5-10(9)13/h4-6,14H,3,7H2,1-2H3. The number of methoxy groups -OCH3 is 1. The molecular formula is C12H14BrN3O2. The molecule has 1 aromatic carbocycles. The largest absolute Gasteiger partial charge is 0.497 e. The van der Waals surface area contributed by atoms with Gasteiger partial charge in [-0.15, -0.1) is 10.2 Å². The number of benzene rings is 1. The topological polar surface area (TPSA) is 60.2 Å². The average molecular weight is 312 g/mol. The van der Waals surface area contributed by atoms with Crippen LogP contribution in [-0.4, -0.2) is 23.9 Å². The molecule has 6 heteroatoms. The molecule has 0 atom stereocenters. The van der Waals surface area contributed by atoms with E-state index in [1.165, 1.54) is 0 Å². The van der Waals surface area contributed by atoms with E-state index >= 15 is 0 Å². The minimum Gasteiger partial charge on any atom is -0.497 e. The second-order valence-electron chi connectivity index (χ2n) is 3.63. The van der Waals surface area contributed by atoms with Gasteiger partial charge in [0.05, 0.1) is 19.2 Å². The summed E-state index contributed by atoms with van der Waals surface area (Å²) in [5.74, 6) is 1.80. The molecule has 0 spiro atoms. The summed E-state index contributed by atoms with van der Waals surface area (Å²) < 4.78 is 11.7. The molecule has 0 aliphatic rings. The van der Waals surface area contributed by atoms with E-state index in [-0.39, 0.29) is 0 Å². The Labute approximate surface area is 114 Å². The number of hydrogen-bond donors (Lipinski definition) is 1. The zero-order valence-electron chi connectivity index (χ0n) is 10.2. The zero-order valence-corrected chi connectivity index (χ0v) is 11.8.